The average Bonchev–Trinajstić information content (AvgIpc) is 2.97. The lowest BCUT2D eigenvalue weighted by molar-refractivity contribution is 0.0939. The molecule has 1 N–H and O–H groups in total. The number of amides is 1. The van der Waals surface area contributed by atoms with Gasteiger partial charge in [-0.2, -0.15) is 0 Å². The number of anilines is 1. The quantitative estimate of drug-likeness (QED) is 0.853. The van der Waals surface area contributed by atoms with Crippen LogP contribution in [-0.2, 0) is 16.4 Å². The molecule has 0 saturated carbocycles. The van der Waals surface area contributed by atoms with Gasteiger partial charge in [0.1, 0.15) is 0 Å². The van der Waals surface area contributed by atoms with E-state index in [9.17, 15) is 13.2 Å². The van der Waals surface area contributed by atoms with Crippen molar-refractivity contribution >= 4 is 21.6 Å². The Morgan fingerprint density at radius 2 is 1.89 bits per heavy atom. The minimum atomic E-state index is -3.64. The maximum Gasteiger partial charge on any atom is 0.264 e. The number of carbonyl (C=O) groups is 1. The van der Waals surface area contributed by atoms with Crippen molar-refractivity contribution < 1.29 is 13.2 Å². The third kappa shape index (κ3) is 3.72. The first-order valence-electron chi connectivity index (χ1n) is 9.29. The van der Waals surface area contributed by atoms with Crippen molar-refractivity contribution in [2.24, 2.45) is 0 Å². The number of nitrogens with one attached hydrogen (secondary N) is 1. The molecule has 0 bridgehead atoms. The Morgan fingerprint density at radius 1 is 1.22 bits per heavy atom. The summed E-state index contributed by atoms with van der Waals surface area (Å²) in [5.74, 6) is -0.125. The maximum atomic E-state index is 13.2. The van der Waals surface area contributed by atoms with E-state index in [4.69, 9.17) is 0 Å². The lowest BCUT2D eigenvalue weighted by atomic mass is 10.1. The van der Waals surface area contributed by atoms with E-state index in [1.807, 2.05) is 33.8 Å². The molecule has 0 unspecified atom stereocenters. The van der Waals surface area contributed by atoms with Crippen LogP contribution in [0.3, 0.4) is 0 Å². The summed E-state index contributed by atoms with van der Waals surface area (Å²) in [6.45, 7) is 7.80. The molecule has 144 valence electrons. The maximum absolute atomic E-state index is 13.2. The molecular weight excluding hydrogens is 360 g/mol. The molecule has 6 heteroatoms. The molecule has 5 nitrogen and oxygen atoms in total. The number of carbonyl (C=O) groups excluding carboxylic acids is 1. The molecule has 0 radical (unpaired) electrons. The molecule has 2 aromatic carbocycles. The molecule has 0 spiro atoms. The molecule has 1 aliphatic heterocycles. The summed E-state index contributed by atoms with van der Waals surface area (Å²) in [5, 5.41) is 2.95. The standard InChI is InChI=1S/C21H26N2O3S/c1-5-15(3)22-21(24)17-8-11-20-18(13-17)12-16(4)23(20)27(25,26)19-9-6-14(2)7-10-19/h6-11,13,15-16H,5,12H2,1-4H3,(H,22,24)/t15-,16-/m1/s1. The number of benzene rings is 2. The average molecular weight is 387 g/mol. The highest BCUT2D eigenvalue weighted by molar-refractivity contribution is 7.92. The van der Waals surface area contributed by atoms with E-state index in [-0.39, 0.29) is 22.9 Å². The number of aryl methyl sites for hydroxylation is 1. The third-order valence-corrected chi connectivity index (χ3v) is 7.00. The number of hydrogen-bond donors (Lipinski definition) is 1. The molecule has 27 heavy (non-hydrogen) atoms. The van der Waals surface area contributed by atoms with Crippen molar-refractivity contribution in [3.63, 3.8) is 0 Å². The number of nitrogens with zero attached hydrogens (tertiary/aromatic N) is 1. The van der Waals surface area contributed by atoms with Crippen LogP contribution in [0.25, 0.3) is 0 Å². The topological polar surface area (TPSA) is 66.5 Å². The summed E-state index contributed by atoms with van der Waals surface area (Å²) in [4.78, 5) is 12.7. The van der Waals surface area contributed by atoms with E-state index in [1.54, 1.807) is 36.4 Å². The van der Waals surface area contributed by atoms with Gasteiger partial charge in [-0.15, -0.1) is 0 Å². The molecule has 2 atom stereocenters. The summed E-state index contributed by atoms with van der Waals surface area (Å²) < 4.78 is 27.8. The first-order chi connectivity index (χ1) is 12.7. The van der Waals surface area contributed by atoms with Gasteiger partial charge in [0, 0.05) is 17.6 Å². The third-order valence-electron chi connectivity index (χ3n) is 5.06. The summed E-state index contributed by atoms with van der Waals surface area (Å²) >= 11 is 0. The molecule has 0 aliphatic carbocycles. The van der Waals surface area contributed by atoms with Crippen LogP contribution in [0, 0.1) is 6.92 Å². The summed E-state index contributed by atoms with van der Waals surface area (Å²) in [5.41, 5.74) is 3.12. The zero-order valence-corrected chi connectivity index (χ0v) is 17.0. The van der Waals surface area contributed by atoms with E-state index < -0.39 is 10.0 Å². The van der Waals surface area contributed by atoms with Gasteiger partial charge in [-0.05, 0) is 69.5 Å². The predicted molar refractivity (Wildman–Crippen MR) is 108 cm³/mol. The van der Waals surface area contributed by atoms with Gasteiger partial charge in [-0.25, -0.2) is 8.42 Å². The summed E-state index contributed by atoms with van der Waals surface area (Å²) in [6.07, 6.45) is 1.45. The Kier molecular flexibility index (Phi) is 5.29. The fraction of sp³-hybridized carbons (Fsp3) is 0.381. The Bertz CT molecular complexity index is 952. The van der Waals surface area contributed by atoms with E-state index in [2.05, 4.69) is 5.32 Å². The molecule has 1 amide bonds. The fourth-order valence-electron chi connectivity index (χ4n) is 3.34. The highest BCUT2D eigenvalue weighted by atomic mass is 32.2. The first kappa shape index (κ1) is 19.4. The van der Waals surface area contributed by atoms with Gasteiger partial charge in [0.25, 0.3) is 15.9 Å². The second-order valence-electron chi connectivity index (χ2n) is 7.29. The van der Waals surface area contributed by atoms with E-state index in [0.717, 1.165) is 17.5 Å². The van der Waals surface area contributed by atoms with Gasteiger partial charge >= 0.3 is 0 Å². The Balaban J connectivity index is 1.94. The molecule has 2 aromatic rings. The highest BCUT2D eigenvalue weighted by Gasteiger charge is 2.36. The van der Waals surface area contributed by atoms with Gasteiger partial charge in [0.05, 0.1) is 10.6 Å². The van der Waals surface area contributed by atoms with E-state index in [1.165, 1.54) is 4.31 Å². The molecule has 0 aromatic heterocycles. The molecular formula is C21H26N2O3S. The largest absolute Gasteiger partial charge is 0.350 e. The van der Waals surface area contributed by atoms with Crippen molar-refractivity contribution in [1.29, 1.82) is 0 Å². The monoisotopic (exact) mass is 386 g/mol. The van der Waals surface area contributed by atoms with Crippen LogP contribution in [0.5, 0.6) is 0 Å². The number of sulfonamides is 1. The van der Waals surface area contributed by atoms with Gasteiger partial charge in [-0.1, -0.05) is 24.6 Å². The second kappa shape index (κ2) is 7.35. The van der Waals surface area contributed by atoms with Crippen LogP contribution in [0.4, 0.5) is 5.69 Å². The molecule has 3 rings (SSSR count). The van der Waals surface area contributed by atoms with Crippen LogP contribution in [0.15, 0.2) is 47.4 Å². The predicted octanol–water partition coefficient (Wildman–Crippen LogP) is 3.66. The Hall–Kier alpha value is -2.34. The molecule has 0 saturated heterocycles. The SMILES string of the molecule is CC[C@@H](C)NC(=O)c1ccc2c(c1)C[C@@H](C)N2S(=O)(=O)c1ccc(C)cc1. The smallest absolute Gasteiger partial charge is 0.264 e. The number of fused-ring (bicyclic) bond motifs is 1. The first-order valence-corrected chi connectivity index (χ1v) is 10.7. The zero-order chi connectivity index (χ0) is 19.8. The van der Waals surface area contributed by atoms with Crippen molar-refractivity contribution in [2.75, 3.05) is 4.31 Å². The van der Waals surface area contributed by atoms with Crippen molar-refractivity contribution in [3.05, 3.63) is 59.2 Å². The van der Waals surface area contributed by atoms with E-state index in [0.29, 0.717) is 17.7 Å². The van der Waals surface area contributed by atoms with Crippen molar-refractivity contribution in [1.82, 2.24) is 5.32 Å². The van der Waals surface area contributed by atoms with Crippen molar-refractivity contribution in [2.45, 2.75) is 57.5 Å². The molecule has 0 fully saturated rings. The van der Waals surface area contributed by atoms with Crippen LogP contribution < -0.4 is 9.62 Å². The second-order valence-corrected chi connectivity index (χ2v) is 9.11. The number of hydrogen-bond acceptors (Lipinski definition) is 3. The Morgan fingerprint density at radius 3 is 2.52 bits per heavy atom. The Labute approximate surface area is 161 Å². The molecule has 1 aliphatic rings. The fourth-order valence-corrected chi connectivity index (χ4v) is 5.04. The van der Waals surface area contributed by atoms with Crippen molar-refractivity contribution in [3.8, 4) is 0 Å². The highest BCUT2D eigenvalue weighted by Crippen LogP contribution is 2.37. The minimum Gasteiger partial charge on any atom is -0.350 e. The van der Waals surface area contributed by atoms with Crippen LogP contribution in [0.2, 0.25) is 0 Å². The van der Waals surface area contributed by atoms with Crippen LogP contribution in [-0.4, -0.2) is 26.4 Å². The minimum absolute atomic E-state index is 0.100. The van der Waals surface area contributed by atoms with Gasteiger partial charge in [0.15, 0.2) is 0 Å². The van der Waals surface area contributed by atoms with Crippen LogP contribution >= 0.6 is 0 Å². The van der Waals surface area contributed by atoms with Gasteiger partial charge in [0.2, 0.25) is 0 Å². The lowest BCUT2D eigenvalue weighted by Crippen LogP contribution is -2.35. The normalized spacial score (nSPS) is 17.5. The van der Waals surface area contributed by atoms with Crippen LogP contribution in [0.1, 0.15) is 48.7 Å². The number of rotatable bonds is 5. The molecule has 1 heterocycles. The zero-order valence-electron chi connectivity index (χ0n) is 16.2. The summed E-state index contributed by atoms with van der Waals surface area (Å²) in [7, 11) is -3.64. The van der Waals surface area contributed by atoms with E-state index >= 15 is 0 Å². The van der Waals surface area contributed by atoms with Gasteiger partial charge < -0.3 is 5.32 Å². The lowest BCUT2D eigenvalue weighted by Gasteiger charge is -2.24. The summed E-state index contributed by atoms with van der Waals surface area (Å²) in [6, 6.07) is 12.1. The van der Waals surface area contributed by atoms with Gasteiger partial charge in [-0.3, -0.25) is 9.10 Å².